The quantitative estimate of drug-likeness (QED) is 0.346. The van der Waals surface area contributed by atoms with E-state index in [9.17, 15) is 19.7 Å². The Morgan fingerprint density at radius 1 is 1.25 bits per heavy atom. The summed E-state index contributed by atoms with van der Waals surface area (Å²) in [5, 5.41) is 12.1. The third-order valence-corrected chi connectivity index (χ3v) is 5.08. The number of hydrogen-bond donors (Lipinski definition) is 1. The summed E-state index contributed by atoms with van der Waals surface area (Å²) in [5.41, 5.74) is 2.82. The fourth-order valence-corrected chi connectivity index (χ4v) is 3.65. The number of hydrogen-bond acceptors (Lipinski definition) is 7. The Bertz CT molecular complexity index is 1020. The zero-order valence-electron chi connectivity index (χ0n) is 14.4. The van der Waals surface area contributed by atoms with E-state index in [1.165, 1.54) is 31.4 Å². The maximum Gasteiger partial charge on any atom is 0.285 e. The molecule has 1 heterocycles. The molecule has 1 aliphatic rings. The number of nitro groups is 1. The van der Waals surface area contributed by atoms with Crippen LogP contribution in [0.25, 0.3) is 6.08 Å². The molecule has 0 aliphatic carbocycles. The number of nitrogens with one attached hydrogen (secondary N) is 1. The fraction of sp³-hybridized carbons (Fsp3) is 0.0556. The van der Waals surface area contributed by atoms with Gasteiger partial charge in [-0.3, -0.25) is 25.1 Å². The third-order valence-electron chi connectivity index (χ3n) is 3.78. The Kier molecular flexibility index (Phi) is 5.71. The number of thioether (sulfide) groups is 1. The van der Waals surface area contributed by atoms with Gasteiger partial charge in [-0.2, -0.15) is 5.01 Å². The molecule has 1 N–H and O–H groups in total. The number of carbonyl (C=O) groups excluding carboxylic acids is 2. The van der Waals surface area contributed by atoms with Crippen molar-refractivity contribution < 1.29 is 19.2 Å². The number of nitrogens with zero attached hydrogens (tertiary/aromatic N) is 2. The number of nitro benzene ring substituents is 1. The molecule has 10 heteroatoms. The molecule has 8 nitrogen and oxygen atoms in total. The molecular formula is C18H13N3O5S2. The lowest BCUT2D eigenvalue weighted by molar-refractivity contribution is -0.385. The molecule has 0 spiro atoms. The predicted octanol–water partition coefficient (Wildman–Crippen LogP) is 3.15. The van der Waals surface area contributed by atoms with E-state index in [4.69, 9.17) is 17.0 Å². The van der Waals surface area contributed by atoms with Crippen LogP contribution >= 0.6 is 24.0 Å². The molecule has 0 radical (unpaired) electrons. The van der Waals surface area contributed by atoms with E-state index in [1.54, 1.807) is 30.3 Å². The summed E-state index contributed by atoms with van der Waals surface area (Å²) in [6.45, 7) is 0. The van der Waals surface area contributed by atoms with Gasteiger partial charge in [0.2, 0.25) is 0 Å². The standard InChI is InChI=1S/C18H13N3O5S2/c1-26-14-9-5-3-7-12(14)16(22)19-20-17(23)15(28-18(20)27)10-11-6-2-4-8-13(11)21(24)25/h2-10H,1H3,(H,19,22)/b15-10+. The van der Waals surface area contributed by atoms with Crippen LogP contribution in [0, 0.1) is 10.1 Å². The van der Waals surface area contributed by atoms with Crippen LogP contribution in [0.15, 0.2) is 53.4 Å². The molecule has 1 saturated heterocycles. The number of para-hydroxylation sites is 2. The molecule has 0 saturated carbocycles. The van der Waals surface area contributed by atoms with Gasteiger partial charge in [0.1, 0.15) is 5.75 Å². The molecule has 0 bridgehead atoms. The summed E-state index contributed by atoms with van der Waals surface area (Å²) < 4.78 is 5.25. The molecule has 2 aromatic carbocycles. The predicted molar refractivity (Wildman–Crippen MR) is 109 cm³/mol. The lowest BCUT2D eigenvalue weighted by Crippen LogP contribution is -2.44. The van der Waals surface area contributed by atoms with E-state index >= 15 is 0 Å². The van der Waals surface area contributed by atoms with Gasteiger partial charge in [0.05, 0.1) is 28.1 Å². The van der Waals surface area contributed by atoms with Gasteiger partial charge < -0.3 is 4.74 Å². The summed E-state index contributed by atoms with van der Waals surface area (Å²) in [7, 11) is 1.43. The highest BCUT2D eigenvalue weighted by molar-refractivity contribution is 8.26. The SMILES string of the molecule is COc1ccccc1C(=O)NN1C(=O)/C(=C\c2ccccc2[N+](=O)[O-])SC1=S. The van der Waals surface area contributed by atoms with Gasteiger partial charge >= 0.3 is 0 Å². The lowest BCUT2D eigenvalue weighted by atomic mass is 10.1. The van der Waals surface area contributed by atoms with Crippen molar-refractivity contribution in [3.05, 3.63) is 74.7 Å². The zero-order chi connectivity index (χ0) is 20.3. The van der Waals surface area contributed by atoms with E-state index in [0.717, 1.165) is 16.8 Å². The number of amides is 2. The average molecular weight is 415 g/mol. The van der Waals surface area contributed by atoms with E-state index in [2.05, 4.69) is 5.43 Å². The first-order valence-corrected chi connectivity index (χ1v) is 9.10. The molecule has 0 unspecified atom stereocenters. The van der Waals surface area contributed by atoms with E-state index in [0.29, 0.717) is 5.75 Å². The third kappa shape index (κ3) is 3.87. The molecule has 3 rings (SSSR count). The normalized spacial score (nSPS) is 15.0. The van der Waals surface area contributed by atoms with E-state index in [1.807, 2.05) is 0 Å². The van der Waals surface area contributed by atoms with Crippen molar-refractivity contribution in [2.24, 2.45) is 0 Å². The first-order valence-electron chi connectivity index (χ1n) is 7.87. The minimum absolute atomic E-state index is 0.109. The van der Waals surface area contributed by atoms with Crippen LogP contribution in [-0.4, -0.2) is 33.2 Å². The van der Waals surface area contributed by atoms with Crippen LogP contribution in [0.2, 0.25) is 0 Å². The van der Waals surface area contributed by atoms with Gasteiger partial charge in [0.25, 0.3) is 17.5 Å². The van der Waals surface area contributed by atoms with Crippen molar-refractivity contribution in [3.63, 3.8) is 0 Å². The fourth-order valence-electron chi connectivity index (χ4n) is 2.48. The second-order valence-corrected chi connectivity index (χ2v) is 7.15. The van der Waals surface area contributed by atoms with Gasteiger partial charge in [-0.15, -0.1) is 0 Å². The van der Waals surface area contributed by atoms with Gasteiger partial charge in [-0.25, -0.2) is 0 Å². The Morgan fingerprint density at radius 3 is 2.64 bits per heavy atom. The summed E-state index contributed by atoms with van der Waals surface area (Å²) in [5.74, 6) is -0.794. The average Bonchev–Trinajstić information content (AvgIpc) is 2.95. The largest absolute Gasteiger partial charge is 0.496 e. The van der Waals surface area contributed by atoms with Crippen LogP contribution in [0.4, 0.5) is 5.69 Å². The summed E-state index contributed by atoms with van der Waals surface area (Å²) >= 11 is 6.12. The molecule has 142 valence electrons. The van der Waals surface area contributed by atoms with Gasteiger partial charge in [-0.05, 0) is 36.5 Å². The summed E-state index contributed by atoms with van der Waals surface area (Å²) in [6.07, 6.45) is 1.38. The Labute approximate surface area is 169 Å². The molecule has 1 fully saturated rings. The molecule has 2 aromatic rings. The highest BCUT2D eigenvalue weighted by atomic mass is 32.2. The number of carbonyl (C=O) groups is 2. The van der Waals surface area contributed by atoms with Crippen molar-refractivity contribution in [1.29, 1.82) is 0 Å². The number of thiocarbonyl (C=S) groups is 1. The van der Waals surface area contributed by atoms with Crippen LogP contribution in [0.1, 0.15) is 15.9 Å². The van der Waals surface area contributed by atoms with Gasteiger partial charge in [0, 0.05) is 6.07 Å². The summed E-state index contributed by atoms with van der Waals surface area (Å²) in [4.78, 5) is 36.0. The Hall–Kier alpha value is -3.24. The number of hydrazine groups is 1. The van der Waals surface area contributed by atoms with Crippen molar-refractivity contribution in [1.82, 2.24) is 10.4 Å². The topological polar surface area (TPSA) is 102 Å². The number of methoxy groups -OCH3 is 1. The Morgan fingerprint density at radius 2 is 1.93 bits per heavy atom. The van der Waals surface area contributed by atoms with Crippen molar-refractivity contribution in [2.75, 3.05) is 7.11 Å². The van der Waals surface area contributed by atoms with Crippen molar-refractivity contribution >= 4 is 51.9 Å². The van der Waals surface area contributed by atoms with Crippen molar-refractivity contribution in [2.45, 2.75) is 0 Å². The van der Waals surface area contributed by atoms with Crippen LogP contribution in [0.3, 0.4) is 0 Å². The molecular weight excluding hydrogens is 402 g/mol. The van der Waals surface area contributed by atoms with Crippen LogP contribution in [-0.2, 0) is 4.79 Å². The smallest absolute Gasteiger partial charge is 0.285 e. The summed E-state index contributed by atoms with van der Waals surface area (Å²) in [6, 6.07) is 12.6. The maximum atomic E-state index is 12.7. The van der Waals surface area contributed by atoms with E-state index in [-0.39, 0.29) is 26.0 Å². The van der Waals surface area contributed by atoms with Gasteiger partial charge in [0.15, 0.2) is 4.32 Å². The van der Waals surface area contributed by atoms with Gasteiger partial charge in [-0.1, -0.05) is 36.0 Å². The van der Waals surface area contributed by atoms with Crippen molar-refractivity contribution in [3.8, 4) is 5.75 Å². The monoisotopic (exact) mass is 415 g/mol. The molecule has 1 aliphatic heterocycles. The molecule has 0 aromatic heterocycles. The second kappa shape index (κ2) is 8.19. The van der Waals surface area contributed by atoms with Crippen LogP contribution in [0.5, 0.6) is 5.75 Å². The number of ether oxygens (including phenoxy) is 1. The molecule has 0 atom stereocenters. The number of rotatable bonds is 5. The first kappa shape index (κ1) is 19.5. The zero-order valence-corrected chi connectivity index (χ0v) is 16.1. The maximum absolute atomic E-state index is 12.7. The second-order valence-electron chi connectivity index (χ2n) is 5.47. The molecule has 28 heavy (non-hydrogen) atoms. The lowest BCUT2D eigenvalue weighted by Gasteiger charge is -2.16. The Balaban J connectivity index is 1.85. The highest BCUT2D eigenvalue weighted by Crippen LogP contribution is 2.33. The minimum Gasteiger partial charge on any atom is -0.496 e. The first-order chi connectivity index (χ1) is 13.4. The van der Waals surface area contributed by atoms with E-state index < -0.39 is 16.7 Å². The number of benzene rings is 2. The highest BCUT2D eigenvalue weighted by Gasteiger charge is 2.34. The van der Waals surface area contributed by atoms with Crippen LogP contribution < -0.4 is 10.2 Å². The molecule has 2 amide bonds. The minimum atomic E-state index is -0.573.